The monoisotopic (exact) mass is 351 g/mol. The van der Waals surface area contributed by atoms with E-state index in [2.05, 4.69) is 19.2 Å². The number of ether oxygens (including phenoxy) is 1. The Hall–Kier alpha value is -1.30. The Morgan fingerprint density at radius 1 is 1.12 bits per heavy atom. The number of nitrogens with zero attached hydrogens (tertiary/aromatic N) is 2. The van der Waals surface area contributed by atoms with Crippen molar-refractivity contribution in [3.05, 3.63) is 0 Å². The van der Waals surface area contributed by atoms with E-state index < -0.39 is 0 Å². The van der Waals surface area contributed by atoms with Crippen LogP contribution in [-0.2, 0) is 9.53 Å². The molecule has 6 heteroatoms. The molecule has 0 radical (unpaired) electrons. The highest BCUT2D eigenvalue weighted by Crippen LogP contribution is 2.45. The second-order valence-electron chi connectivity index (χ2n) is 8.37. The molecule has 3 heterocycles. The maximum Gasteiger partial charge on any atom is 0.317 e. The van der Waals surface area contributed by atoms with Gasteiger partial charge in [0.05, 0.1) is 5.92 Å². The molecule has 3 aliphatic heterocycles. The first-order valence-electron chi connectivity index (χ1n) is 9.91. The fourth-order valence-electron chi connectivity index (χ4n) is 4.49. The van der Waals surface area contributed by atoms with Crippen LogP contribution < -0.4 is 5.32 Å². The lowest BCUT2D eigenvalue weighted by atomic mass is 9.71. The molecule has 3 amide bonds. The topological polar surface area (TPSA) is 61.9 Å². The van der Waals surface area contributed by atoms with E-state index in [9.17, 15) is 9.59 Å². The van der Waals surface area contributed by atoms with Crippen LogP contribution in [0.2, 0.25) is 0 Å². The summed E-state index contributed by atoms with van der Waals surface area (Å²) in [6.07, 6.45) is 5.19. The molecule has 0 aromatic rings. The SMILES string of the molecule is CC(C)CNC(=O)N1C[C@H](C(=O)N2CCCCC2)C2(CCOCC2)C1. The van der Waals surface area contributed by atoms with Crippen LogP contribution in [0.1, 0.15) is 46.0 Å². The van der Waals surface area contributed by atoms with Crippen LogP contribution in [0, 0.1) is 17.3 Å². The van der Waals surface area contributed by atoms with Crippen molar-refractivity contribution >= 4 is 11.9 Å². The molecule has 3 rings (SSSR count). The standard InChI is InChI=1S/C19H33N3O3/c1-15(2)12-20-18(24)22-13-16(17(23)21-8-4-3-5-9-21)19(14-22)6-10-25-11-7-19/h15-16H,3-14H2,1-2H3,(H,20,24)/t16-/m1/s1. The lowest BCUT2D eigenvalue weighted by molar-refractivity contribution is -0.141. The molecule has 3 fully saturated rings. The van der Waals surface area contributed by atoms with Crippen LogP contribution in [0.5, 0.6) is 0 Å². The maximum atomic E-state index is 13.2. The van der Waals surface area contributed by atoms with E-state index in [1.54, 1.807) is 0 Å². The Kier molecular flexibility index (Phi) is 5.87. The molecule has 3 aliphatic rings. The first-order chi connectivity index (χ1) is 12.0. The second kappa shape index (κ2) is 7.94. The maximum absolute atomic E-state index is 13.2. The highest BCUT2D eigenvalue weighted by atomic mass is 16.5. The molecule has 0 aromatic heterocycles. The molecule has 6 nitrogen and oxygen atoms in total. The second-order valence-corrected chi connectivity index (χ2v) is 8.37. The third-order valence-electron chi connectivity index (χ3n) is 6.05. The molecule has 0 aromatic carbocycles. The van der Waals surface area contributed by atoms with E-state index in [0.717, 1.165) is 38.8 Å². The zero-order valence-corrected chi connectivity index (χ0v) is 15.8. The Labute approximate surface area is 151 Å². The first-order valence-corrected chi connectivity index (χ1v) is 9.91. The summed E-state index contributed by atoms with van der Waals surface area (Å²) >= 11 is 0. The number of piperidine rings is 1. The van der Waals surface area contributed by atoms with Gasteiger partial charge >= 0.3 is 6.03 Å². The number of carbonyl (C=O) groups excluding carboxylic acids is 2. The number of hydrogen-bond acceptors (Lipinski definition) is 3. The number of carbonyl (C=O) groups is 2. The van der Waals surface area contributed by atoms with E-state index in [0.29, 0.717) is 38.8 Å². The van der Waals surface area contributed by atoms with Crippen LogP contribution in [0.25, 0.3) is 0 Å². The zero-order valence-electron chi connectivity index (χ0n) is 15.8. The third kappa shape index (κ3) is 4.10. The average Bonchev–Trinajstić information content (AvgIpc) is 2.99. The number of rotatable bonds is 3. The first kappa shape index (κ1) is 18.5. The summed E-state index contributed by atoms with van der Waals surface area (Å²) in [6.45, 7) is 9.25. The largest absolute Gasteiger partial charge is 0.381 e. The quantitative estimate of drug-likeness (QED) is 0.847. The van der Waals surface area contributed by atoms with Gasteiger partial charge in [-0.3, -0.25) is 4.79 Å². The highest BCUT2D eigenvalue weighted by Gasteiger charge is 2.52. The van der Waals surface area contributed by atoms with E-state index in [4.69, 9.17) is 4.74 Å². The zero-order chi connectivity index (χ0) is 17.9. The van der Waals surface area contributed by atoms with Crippen molar-refractivity contribution in [3.63, 3.8) is 0 Å². The van der Waals surface area contributed by atoms with Crippen LogP contribution in [0.4, 0.5) is 4.79 Å². The highest BCUT2D eigenvalue weighted by molar-refractivity contribution is 5.83. The molecule has 1 spiro atoms. The molecule has 0 unspecified atom stereocenters. The average molecular weight is 351 g/mol. The predicted octanol–water partition coefficient (Wildman–Crippen LogP) is 2.09. The van der Waals surface area contributed by atoms with Gasteiger partial charge < -0.3 is 19.9 Å². The number of urea groups is 1. The van der Waals surface area contributed by atoms with Crippen molar-refractivity contribution in [2.24, 2.45) is 17.3 Å². The number of amides is 3. The Morgan fingerprint density at radius 2 is 1.80 bits per heavy atom. The molecular formula is C19H33N3O3. The number of hydrogen-bond donors (Lipinski definition) is 1. The molecule has 1 N–H and O–H groups in total. The summed E-state index contributed by atoms with van der Waals surface area (Å²) in [6, 6.07) is -0.0199. The molecule has 0 bridgehead atoms. The minimum atomic E-state index is -0.0953. The van der Waals surface area contributed by atoms with Gasteiger partial charge in [0.15, 0.2) is 0 Å². The normalized spacial score (nSPS) is 26.3. The van der Waals surface area contributed by atoms with Crippen molar-refractivity contribution in [1.29, 1.82) is 0 Å². The van der Waals surface area contributed by atoms with Crippen molar-refractivity contribution in [3.8, 4) is 0 Å². The summed E-state index contributed by atoms with van der Waals surface area (Å²) in [5.41, 5.74) is -0.0953. The minimum absolute atomic E-state index is 0.0199. The van der Waals surface area contributed by atoms with Gasteiger partial charge in [-0.1, -0.05) is 13.8 Å². The van der Waals surface area contributed by atoms with Gasteiger partial charge in [-0.15, -0.1) is 0 Å². The number of nitrogens with one attached hydrogen (secondary N) is 1. The Balaban J connectivity index is 1.72. The van der Waals surface area contributed by atoms with Gasteiger partial charge in [0.1, 0.15) is 0 Å². The van der Waals surface area contributed by atoms with E-state index >= 15 is 0 Å². The van der Waals surface area contributed by atoms with Crippen LogP contribution in [0.15, 0.2) is 0 Å². The predicted molar refractivity (Wildman–Crippen MR) is 96.2 cm³/mol. The summed E-state index contributed by atoms with van der Waals surface area (Å²) < 4.78 is 5.56. The third-order valence-corrected chi connectivity index (χ3v) is 6.05. The summed E-state index contributed by atoms with van der Waals surface area (Å²) in [5.74, 6) is 0.620. The van der Waals surface area contributed by atoms with Crippen LogP contribution in [-0.4, -0.2) is 67.7 Å². The summed E-state index contributed by atoms with van der Waals surface area (Å²) in [4.78, 5) is 29.7. The van der Waals surface area contributed by atoms with E-state index in [-0.39, 0.29) is 23.3 Å². The smallest absolute Gasteiger partial charge is 0.317 e. The van der Waals surface area contributed by atoms with Crippen LogP contribution in [0.3, 0.4) is 0 Å². The van der Waals surface area contributed by atoms with Gasteiger partial charge in [0, 0.05) is 51.4 Å². The van der Waals surface area contributed by atoms with Crippen molar-refractivity contribution in [2.75, 3.05) is 45.9 Å². The molecule has 142 valence electrons. The van der Waals surface area contributed by atoms with E-state index in [1.165, 1.54) is 6.42 Å². The van der Waals surface area contributed by atoms with Gasteiger partial charge in [0.25, 0.3) is 0 Å². The summed E-state index contributed by atoms with van der Waals surface area (Å²) in [7, 11) is 0. The van der Waals surface area contributed by atoms with Gasteiger partial charge in [-0.2, -0.15) is 0 Å². The lowest BCUT2D eigenvalue weighted by Crippen LogP contribution is -2.47. The van der Waals surface area contributed by atoms with Crippen molar-refractivity contribution in [2.45, 2.75) is 46.0 Å². The van der Waals surface area contributed by atoms with E-state index in [1.807, 2.05) is 9.80 Å². The molecule has 3 saturated heterocycles. The lowest BCUT2D eigenvalue weighted by Gasteiger charge is -2.39. The van der Waals surface area contributed by atoms with Gasteiger partial charge in [0.2, 0.25) is 5.91 Å². The van der Waals surface area contributed by atoms with Crippen LogP contribution >= 0.6 is 0 Å². The molecule has 0 saturated carbocycles. The van der Waals surface area contributed by atoms with Crippen molar-refractivity contribution < 1.29 is 14.3 Å². The summed E-state index contributed by atoms with van der Waals surface area (Å²) in [5, 5.41) is 3.02. The molecule has 1 atom stereocenters. The Bertz CT molecular complexity index is 482. The molecular weight excluding hydrogens is 318 g/mol. The number of likely N-dealkylation sites (tertiary alicyclic amines) is 2. The fraction of sp³-hybridized carbons (Fsp3) is 0.895. The van der Waals surface area contributed by atoms with Crippen molar-refractivity contribution in [1.82, 2.24) is 15.1 Å². The molecule has 25 heavy (non-hydrogen) atoms. The van der Waals surface area contributed by atoms with Gasteiger partial charge in [-0.25, -0.2) is 4.79 Å². The minimum Gasteiger partial charge on any atom is -0.381 e. The molecule has 0 aliphatic carbocycles. The van der Waals surface area contributed by atoms with Gasteiger partial charge in [-0.05, 0) is 38.0 Å². The fourth-order valence-corrected chi connectivity index (χ4v) is 4.49. The Morgan fingerprint density at radius 3 is 2.44 bits per heavy atom.